The van der Waals surface area contributed by atoms with Crippen molar-refractivity contribution in [2.75, 3.05) is 27.4 Å². The second-order valence-corrected chi connectivity index (χ2v) is 2.42. The van der Waals surface area contributed by atoms with Crippen LogP contribution >= 0.6 is 0 Å². The Labute approximate surface area is 77.4 Å². The summed E-state index contributed by atoms with van der Waals surface area (Å²) in [6.07, 6.45) is 0.521. The number of ether oxygens (including phenoxy) is 2. The molecule has 13 heavy (non-hydrogen) atoms. The van der Waals surface area contributed by atoms with Crippen molar-refractivity contribution >= 4 is 11.9 Å². The third-order valence-electron chi connectivity index (χ3n) is 1.41. The molecule has 1 N–H and O–H groups in total. The number of amides is 1. The zero-order valence-electron chi connectivity index (χ0n) is 7.96. The van der Waals surface area contributed by atoms with Gasteiger partial charge < -0.3 is 14.8 Å². The molecule has 0 aromatic heterocycles. The number of methoxy groups -OCH3 is 2. The number of rotatable bonds is 6. The van der Waals surface area contributed by atoms with E-state index in [1.165, 1.54) is 14.2 Å². The summed E-state index contributed by atoms with van der Waals surface area (Å²) in [5.41, 5.74) is 0. The van der Waals surface area contributed by atoms with Crippen LogP contribution in [0.3, 0.4) is 0 Å². The van der Waals surface area contributed by atoms with Crippen LogP contribution in [0, 0.1) is 0 Å². The lowest BCUT2D eigenvalue weighted by Crippen LogP contribution is -2.26. The molecule has 0 aromatic rings. The van der Waals surface area contributed by atoms with Gasteiger partial charge in [-0.1, -0.05) is 0 Å². The molecule has 0 atom stereocenters. The fourth-order valence-corrected chi connectivity index (χ4v) is 0.689. The van der Waals surface area contributed by atoms with Gasteiger partial charge in [-0.25, -0.2) is 0 Å². The van der Waals surface area contributed by atoms with Crippen LogP contribution in [0.15, 0.2) is 0 Å². The van der Waals surface area contributed by atoms with Crippen molar-refractivity contribution in [2.24, 2.45) is 0 Å². The van der Waals surface area contributed by atoms with E-state index >= 15 is 0 Å². The van der Waals surface area contributed by atoms with Gasteiger partial charge in [0.25, 0.3) is 0 Å². The van der Waals surface area contributed by atoms with Gasteiger partial charge in [-0.2, -0.15) is 0 Å². The smallest absolute Gasteiger partial charge is 0.307 e. The van der Waals surface area contributed by atoms with Crippen molar-refractivity contribution in [3.05, 3.63) is 0 Å². The van der Waals surface area contributed by atoms with Crippen LogP contribution < -0.4 is 5.32 Å². The van der Waals surface area contributed by atoms with Crippen LogP contribution in [-0.4, -0.2) is 39.2 Å². The molecule has 1 amide bonds. The number of carbonyl (C=O) groups excluding carboxylic acids is 2. The lowest BCUT2D eigenvalue weighted by molar-refractivity contribution is -0.140. The van der Waals surface area contributed by atoms with Crippen molar-refractivity contribution in [3.63, 3.8) is 0 Å². The van der Waals surface area contributed by atoms with Crippen LogP contribution in [0.25, 0.3) is 0 Å². The van der Waals surface area contributed by atoms with Crippen molar-refractivity contribution in [3.8, 4) is 0 Å². The van der Waals surface area contributed by atoms with Crippen molar-refractivity contribution < 1.29 is 19.1 Å². The first-order chi connectivity index (χ1) is 6.20. The lowest BCUT2D eigenvalue weighted by atomic mass is 10.4. The summed E-state index contributed by atoms with van der Waals surface area (Å²) in [5.74, 6) is -0.446. The number of hydrogen-bond acceptors (Lipinski definition) is 4. The molecule has 0 radical (unpaired) electrons. The van der Waals surface area contributed by atoms with Gasteiger partial charge in [-0.15, -0.1) is 0 Å². The Morgan fingerprint density at radius 2 is 1.92 bits per heavy atom. The van der Waals surface area contributed by atoms with E-state index in [0.717, 1.165) is 0 Å². The molecule has 0 saturated heterocycles. The number of nitrogens with one attached hydrogen (secondary N) is 1. The van der Waals surface area contributed by atoms with E-state index in [1.54, 1.807) is 0 Å². The first-order valence-electron chi connectivity index (χ1n) is 4.03. The van der Waals surface area contributed by atoms with Gasteiger partial charge in [-0.05, 0) is 0 Å². The summed E-state index contributed by atoms with van der Waals surface area (Å²) in [6, 6.07) is 0. The number of hydrogen-bond donors (Lipinski definition) is 1. The highest BCUT2D eigenvalue weighted by Crippen LogP contribution is 1.84. The van der Waals surface area contributed by atoms with Gasteiger partial charge in [0, 0.05) is 20.1 Å². The standard InChI is InChI=1S/C8H15NO4/c1-12-6-4-7(10)9-5-3-8(11)13-2/h3-6H2,1-2H3,(H,9,10). The van der Waals surface area contributed by atoms with Crippen LogP contribution in [0.4, 0.5) is 0 Å². The quantitative estimate of drug-likeness (QED) is 0.583. The van der Waals surface area contributed by atoms with Gasteiger partial charge in [0.1, 0.15) is 0 Å². The topological polar surface area (TPSA) is 64.6 Å². The Morgan fingerprint density at radius 3 is 2.46 bits per heavy atom. The second-order valence-electron chi connectivity index (χ2n) is 2.42. The van der Waals surface area contributed by atoms with Crippen molar-refractivity contribution in [2.45, 2.75) is 12.8 Å². The minimum absolute atomic E-state index is 0.120. The van der Waals surface area contributed by atoms with E-state index in [0.29, 0.717) is 19.6 Å². The zero-order valence-corrected chi connectivity index (χ0v) is 7.96. The molecule has 0 fully saturated rings. The Morgan fingerprint density at radius 1 is 1.23 bits per heavy atom. The third kappa shape index (κ3) is 7.27. The van der Waals surface area contributed by atoms with E-state index < -0.39 is 0 Å². The summed E-state index contributed by atoms with van der Waals surface area (Å²) < 4.78 is 9.11. The van der Waals surface area contributed by atoms with Crippen LogP contribution in [0.2, 0.25) is 0 Å². The lowest BCUT2D eigenvalue weighted by Gasteiger charge is -2.03. The maximum Gasteiger partial charge on any atom is 0.307 e. The average Bonchev–Trinajstić information content (AvgIpc) is 2.14. The first-order valence-corrected chi connectivity index (χ1v) is 4.03. The molecule has 0 aliphatic rings. The fraction of sp³-hybridized carbons (Fsp3) is 0.750. The molecule has 76 valence electrons. The normalized spacial score (nSPS) is 9.38. The molecule has 5 nitrogen and oxygen atoms in total. The van der Waals surface area contributed by atoms with Gasteiger partial charge in [0.05, 0.1) is 20.1 Å². The molecule has 0 bridgehead atoms. The van der Waals surface area contributed by atoms with Crippen molar-refractivity contribution in [1.82, 2.24) is 5.32 Å². The predicted octanol–water partition coefficient (Wildman–Crippen LogP) is -0.298. The second kappa shape index (κ2) is 7.54. The molecular formula is C8H15NO4. The summed E-state index contributed by atoms with van der Waals surface area (Å²) >= 11 is 0. The summed E-state index contributed by atoms with van der Waals surface area (Å²) in [6.45, 7) is 0.708. The van der Waals surface area contributed by atoms with Gasteiger partial charge in [0.15, 0.2) is 0 Å². The minimum atomic E-state index is -0.327. The fourth-order valence-electron chi connectivity index (χ4n) is 0.689. The monoisotopic (exact) mass is 189 g/mol. The van der Waals surface area contributed by atoms with E-state index in [2.05, 4.69) is 10.1 Å². The number of carbonyl (C=O) groups is 2. The van der Waals surface area contributed by atoms with Gasteiger partial charge in [0.2, 0.25) is 5.91 Å². The molecule has 0 rings (SSSR count). The molecule has 0 heterocycles. The Kier molecular flexibility index (Phi) is 6.91. The van der Waals surface area contributed by atoms with E-state index in [9.17, 15) is 9.59 Å². The molecule has 0 aliphatic heterocycles. The van der Waals surface area contributed by atoms with Crippen LogP contribution in [0.1, 0.15) is 12.8 Å². The van der Waals surface area contributed by atoms with E-state index in [4.69, 9.17) is 4.74 Å². The van der Waals surface area contributed by atoms with Crippen LogP contribution in [0.5, 0.6) is 0 Å². The third-order valence-corrected chi connectivity index (χ3v) is 1.41. The Hall–Kier alpha value is -1.10. The molecule has 0 unspecified atom stereocenters. The molecule has 5 heteroatoms. The predicted molar refractivity (Wildman–Crippen MR) is 46.1 cm³/mol. The first kappa shape index (κ1) is 11.9. The Bertz CT molecular complexity index is 170. The van der Waals surface area contributed by atoms with Gasteiger partial charge in [-0.3, -0.25) is 9.59 Å². The van der Waals surface area contributed by atoms with Crippen molar-refractivity contribution in [1.29, 1.82) is 0 Å². The molecule has 0 saturated carbocycles. The molecule has 0 spiro atoms. The highest BCUT2D eigenvalue weighted by molar-refractivity contribution is 5.77. The number of esters is 1. The minimum Gasteiger partial charge on any atom is -0.469 e. The summed E-state index contributed by atoms with van der Waals surface area (Å²) in [7, 11) is 2.84. The Balaban J connectivity index is 3.31. The highest BCUT2D eigenvalue weighted by Gasteiger charge is 2.02. The zero-order chi connectivity index (χ0) is 10.1. The van der Waals surface area contributed by atoms with E-state index in [-0.39, 0.29) is 18.3 Å². The molecular weight excluding hydrogens is 174 g/mol. The summed E-state index contributed by atoms with van der Waals surface area (Å²) in [5, 5.41) is 2.56. The highest BCUT2D eigenvalue weighted by atomic mass is 16.5. The SMILES string of the molecule is COCCC(=O)NCCC(=O)OC. The van der Waals surface area contributed by atoms with Gasteiger partial charge >= 0.3 is 5.97 Å². The molecule has 0 aromatic carbocycles. The van der Waals surface area contributed by atoms with Crippen LogP contribution in [-0.2, 0) is 19.1 Å². The maximum absolute atomic E-state index is 10.9. The maximum atomic E-state index is 10.9. The van der Waals surface area contributed by atoms with E-state index in [1.807, 2.05) is 0 Å². The largest absolute Gasteiger partial charge is 0.469 e. The average molecular weight is 189 g/mol. The summed E-state index contributed by atoms with van der Waals surface area (Å²) in [4.78, 5) is 21.5. The molecule has 0 aliphatic carbocycles.